The van der Waals surface area contributed by atoms with Gasteiger partial charge in [-0.3, -0.25) is 0 Å². The van der Waals surface area contributed by atoms with Crippen LogP contribution in [0.25, 0.3) is 0 Å². The van der Waals surface area contributed by atoms with E-state index in [0.717, 1.165) is 38.5 Å². The van der Waals surface area contributed by atoms with E-state index in [1.165, 1.54) is 32.0 Å². The number of halogens is 5. The number of hydrogen-bond donors (Lipinski definition) is 3. The van der Waals surface area contributed by atoms with Crippen molar-refractivity contribution in [1.29, 1.82) is 0 Å². The third-order valence-corrected chi connectivity index (χ3v) is 5.81. The van der Waals surface area contributed by atoms with E-state index in [2.05, 4.69) is 20.7 Å². The Hall–Kier alpha value is -4.62. The zero-order valence-electron chi connectivity index (χ0n) is 21.5. The first kappa shape index (κ1) is 29.9. The molecule has 0 radical (unpaired) electrons. The lowest BCUT2D eigenvalue weighted by molar-refractivity contribution is -0.138. The fourth-order valence-corrected chi connectivity index (χ4v) is 4.19. The molecule has 14 heteroatoms. The van der Waals surface area contributed by atoms with Crippen LogP contribution in [-0.4, -0.2) is 38.8 Å². The molecule has 0 saturated heterocycles. The van der Waals surface area contributed by atoms with E-state index in [9.17, 15) is 36.3 Å². The number of rotatable bonds is 7. The number of anilines is 2. The molecule has 1 aliphatic rings. The van der Waals surface area contributed by atoms with E-state index in [1.807, 2.05) is 0 Å². The number of allylic oxidation sites excluding steroid dienone is 2. The van der Waals surface area contributed by atoms with Gasteiger partial charge >= 0.3 is 30.8 Å². The molecule has 0 bridgehead atoms. The SMILES string of the molecule is COC(=O)C1=C(C)NC(C)=C(C(=O)OC)C1c1cc(NC(=O)Nc2cccc(C(F)(F)F)c2)ccc1OC(F)F. The second kappa shape index (κ2) is 12.1. The smallest absolute Gasteiger partial charge is 0.416 e. The second-order valence-electron chi connectivity index (χ2n) is 8.41. The van der Waals surface area contributed by atoms with Gasteiger partial charge in [0.1, 0.15) is 5.75 Å². The molecule has 1 aliphatic heterocycles. The summed E-state index contributed by atoms with van der Waals surface area (Å²) < 4.78 is 80.1. The molecule has 0 atom stereocenters. The fraction of sp³-hybridized carbons (Fsp3) is 0.269. The summed E-state index contributed by atoms with van der Waals surface area (Å²) in [5.74, 6) is -3.52. The van der Waals surface area contributed by atoms with E-state index in [0.29, 0.717) is 0 Å². The lowest BCUT2D eigenvalue weighted by Crippen LogP contribution is -2.32. The van der Waals surface area contributed by atoms with Crippen molar-refractivity contribution in [3.8, 4) is 5.75 Å². The summed E-state index contributed by atoms with van der Waals surface area (Å²) in [5.41, 5.74) is -1.02. The maximum absolute atomic E-state index is 13.3. The molecule has 0 unspecified atom stereocenters. The van der Waals surface area contributed by atoms with Crippen molar-refractivity contribution in [1.82, 2.24) is 5.32 Å². The number of benzene rings is 2. The summed E-state index contributed by atoms with van der Waals surface area (Å²) in [5, 5.41) is 7.52. The van der Waals surface area contributed by atoms with E-state index in [4.69, 9.17) is 9.47 Å². The van der Waals surface area contributed by atoms with Crippen LogP contribution in [0.4, 0.5) is 38.1 Å². The topological polar surface area (TPSA) is 115 Å². The minimum Gasteiger partial charge on any atom is -0.466 e. The number of urea groups is 1. The Kier molecular flexibility index (Phi) is 9.02. The first-order valence-corrected chi connectivity index (χ1v) is 11.5. The molecule has 9 nitrogen and oxygen atoms in total. The van der Waals surface area contributed by atoms with Gasteiger partial charge in [-0.25, -0.2) is 14.4 Å². The van der Waals surface area contributed by atoms with Crippen LogP contribution in [-0.2, 0) is 25.2 Å². The predicted octanol–water partition coefficient (Wildman–Crippen LogP) is 5.53. The Labute approximate surface area is 225 Å². The number of alkyl halides is 5. The predicted molar refractivity (Wildman–Crippen MR) is 132 cm³/mol. The molecule has 3 N–H and O–H groups in total. The third-order valence-electron chi connectivity index (χ3n) is 5.81. The average molecular weight is 569 g/mol. The van der Waals surface area contributed by atoms with Crippen molar-refractivity contribution < 1.29 is 50.5 Å². The highest BCUT2D eigenvalue weighted by Crippen LogP contribution is 2.44. The number of hydrogen-bond acceptors (Lipinski definition) is 7. The summed E-state index contributed by atoms with van der Waals surface area (Å²) in [7, 11) is 2.19. The molecular formula is C26H24F5N3O6. The summed E-state index contributed by atoms with van der Waals surface area (Å²) in [6, 6.07) is 6.40. The molecule has 214 valence electrons. The van der Waals surface area contributed by atoms with Crippen LogP contribution < -0.4 is 20.7 Å². The fourth-order valence-electron chi connectivity index (χ4n) is 4.19. The average Bonchev–Trinajstić information content (AvgIpc) is 2.87. The van der Waals surface area contributed by atoms with Gasteiger partial charge in [-0.2, -0.15) is 22.0 Å². The first-order chi connectivity index (χ1) is 18.8. The molecule has 2 amide bonds. The largest absolute Gasteiger partial charge is 0.466 e. The molecule has 2 aromatic carbocycles. The summed E-state index contributed by atoms with van der Waals surface area (Å²) in [6.45, 7) is -0.272. The summed E-state index contributed by atoms with van der Waals surface area (Å²) >= 11 is 0. The number of nitrogens with one attached hydrogen (secondary N) is 3. The second-order valence-corrected chi connectivity index (χ2v) is 8.41. The maximum Gasteiger partial charge on any atom is 0.416 e. The normalized spacial score (nSPS) is 14.1. The number of carbonyl (C=O) groups is 3. The van der Waals surface area contributed by atoms with Crippen molar-refractivity contribution in [3.05, 3.63) is 76.1 Å². The number of amides is 2. The molecule has 40 heavy (non-hydrogen) atoms. The van der Waals surface area contributed by atoms with Gasteiger partial charge in [0.25, 0.3) is 0 Å². The van der Waals surface area contributed by atoms with E-state index >= 15 is 0 Å². The van der Waals surface area contributed by atoms with Gasteiger partial charge in [-0.15, -0.1) is 0 Å². The van der Waals surface area contributed by atoms with Crippen LogP contribution in [0.15, 0.2) is 65.0 Å². The number of methoxy groups -OCH3 is 2. The molecule has 3 rings (SSSR count). The number of dihydropyridines is 1. The number of ether oxygens (including phenoxy) is 3. The monoisotopic (exact) mass is 569 g/mol. The van der Waals surface area contributed by atoms with Gasteiger partial charge in [0.15, 0.2) is 0 Å². The third kappa shape index (κ3) is 6.68. The van der Waals surface area contributed by atoms with Crippen molar-refractivity contribution in [2.24, 2.45) is 0 Å². The minimum atomic E-state index is -4.63. The Morgan fingerprint density at radius 3 is 1.93 bits per heavy atom. The summed E-state index contributed by atoms with van der Waals surface area (Å²) in [4.78, 5) is 38.2. The van der Waals surface area contributed by atoms with Crippen molar-refractivity contribution in [2.75, 3.05) is 24.9 Å². The molecule has 0 spiro atoms. The first-order valence-electron chi connectivity index (χ1n) is 11.5. The molecule has 0 saturated carbocycles. The van der Waals surface area contributed by atoms with Crippen LogP contribution in [0, 0.1) is 0 Å². The van der Waals surface area contributed by atoms with Gasteiger partial charge in [-0.05, 0) is 50.2 Å². The molecule has 2 aromatic rings. The van der Waals surface area contributed by atoms with Crippen LogP contribution in [0.5, 0.6) is 5.75 Å². The lowest BCUT2D eigenvalue weighted by atomic mass is 9.79. The summed E-state index contributed by atoms with van der Waals surface area (Å²) in [6.07, 6.45) is -4.63. The molecule has 0 aliphatic carbocycles. The molecule has 0 aromatic heterocycles. The lowest BCUT2D eigenvalue weighted by Gasteiger charge is -2.31. The van der Waals surface area contributed by atoms with E-state index in [-0.39, 0.29) is 39.5 Å². The van der Waals surface area contributed by atoms with Crippen LogP contribution in [0.1, 0.15) is 30.9 Å². The van der Waals surface area contributed by atoms with Crippen LogP contribution in [0.2, 0.25) is 0 Å². The van der Waals surface area contributed by atoms with Gasteiger partial charge in [0, 0.05) is 28.3 Å². The molecule has 1 heterocycles. The zero-order chi connectivity index (χ0) is 29.8. The standard InChI is InChI=1S/C26H24F5N3O6/c1-12-19(22(35)38-3)21(20(13(2)32-12)23(36)39-4)17-11-16(8-9-18(17)40-24(27)28)34-25(37)33-15-7-5-6-14(10-15)26(29,30)31/h5-11,21,24,32H,1-4H3,(H2,33,34,37). The van der Waals surface area contributed by atoms with Gasteiger partial charge in [-0.1, -0.05) is 6.07 Å². The Morgan fingerprint density at radius 1 is 0.875 bits per heavy atom. The Bertz CT molecular complexity index is 1350. The highest BCUT2D eigenvalue weighted by molar-refractivity contribution is 6.01. The number of esters is 2. The maximum atomic E-state index is 13.3. The van der Waals surface area contributed by atoms with E-state index in [1.54, 1.807) is 0 Å². The van der Waals surface area contributed by atoms with Crippen LogP contribution in [0.3, 0.4) is 0 Å². The highest BCUT2D eigenvalue weighted by atomic mass is 19.4. The van der Waals surface area contributed by atoms with Crippen LogP contribution >= 0.6 is 0 Å². The quantitative estimate of drug-likeness (QED) is 0.297. The van der Waals surface area contributed by atoms with Crippen molar-refractivity contribution in [3.63, 3.8) is 0 Å². The van der Waals surface area contributed by atoms with Gasteiger partial charge in [0.05, 0.1) is 36.8 Å². The Balaban J connectivity index is 2.08. The van der Waals surface area contributed by atoms with Crippen molar-refractivity contribution in [2.45, 2.75) is 32.6 Å². The minimum absolute atomic E-state index is 0.0247. The molecule has 0 fully saturated rings. The van der Waals surface area contributed by atoms with Crippen molar-refractivity contribution >= 4 is 29.3 Å². The molecular weight excluding hydrogens is 545 g/mol. The Morgan fingerprint density at radius 2 is 1.43 bits per heavy atom. The van der Waals surface area contributed by atoms with Gasteiger partial charge in [0.2, 0.25) is 0 Å². The zero-order valence-corrected chi connectivity index (χ0v) is 21.5. The highest BCUT2D eigenvalue weighted by Gasteiger charge is 2.39. The number of carbonyl (C=O) groups excluding carboxylic acids is 3. The van der Waals surface area contributed by atoms with Gasteiger partial charge < -0.3 is 30.2 Å². The van der Waals surface area contributed by atoms with E-state index < -0.39 is 48.0 Å².